The molecule has 120 valence electrons. The fraction of sp³-hybridized carbons (Fsp3) is 0.176. The number of carbonyl (C=O) groups excluding carboxylic acids is 1. The van der Waals surface area contributed by atoms with Gasteiger partial charge in [0.15, 0.2) is 0 Å². The average Bonchev–Trinajstić information content (AvgIpc) is 2.54. The third kappa shape index (κ3) is 4.23. The highest BCUT2D eigenvalue weighted by atomic mass is 35.5. The first kappa shape index (κ1) is 16.8. The molecule has 0 radical (unpaired) electrons. The number of ether oxygens (including phenoxy) is 1. The minimum absolute atomic E-state index is 0.107. The number of carboxylic acid groups (broad SMARTS) is 1. The molecule has 1 atom stereocenters. The van der Waals surface area contributed by atoms with Crippen molar-refractivity contribution < 1.29 is 19.4 Å². The van der Waals surface area contributed by atoms with Gasteiger partial charge in [-0.2, -0.15) is 0 Å². The van der Waals surface area contributed by atoms with E-state index in [-0.39, 0.29) is 17.0 Å². The van der Waals surface area contributed by atoms with Gasteiger partial charge in [-0.15, -0.1) is 0 Å². The maximum absolute atomic E-state index is 12.2. The second-order valence-electron chi connectivity index (χ2n) is 4.86. The van der Waals surface area contributed by atoms with Crippen LogP contribution in [0.1, 0.15) is 15.9 Å². The number of nitrogens with one attached hydrogen (secondary N) is 1. The van der Waals surface area contributed by atoms with E-state index in [1.807, 2.05) is 0 Å². The van der Waals surface area contributed by atoms with Gasteiger partial charge < -0.3 is 15.2 Å². The molecule has 2 N–H and O–H groups in total. The number of carboxylic acids is 1. The maximum atomic E-state index is 12.2. The van der Waals surface area contributed by atoms with Gasteiger partial charge in [0.2, 0.25) is 0 Å². The van der Waals surface area contributed by atoms with Crippen LogP contribution < -0.4 is 10.1 Å². The Morgan fingerprint density at radius 3 is 2.48 bits per heavy atom. The van der Waals surface area contributed by atoms with E-state index in [1.165, 1.54) is 7.11 Å². The van der Waals surface area contributed by atoms with Crippen molar-refractivity contribution in [1.29, 1.82) is 0 Å². The van der Waals surface area contributed by atoms with Gasteiger partial charge in [0.05, 0.1) is 17.7 Å². The number of hydrogen-bond donors (Lipinski definition) is 2. The Kier molecular flexibility index (Phi) is 5.60. The van der Waals surface area contributed by atoms with Crippen molar-refractivity contribution in [3.63, 3.8) is 0 Å². The van der Waals surface area contributed by atoms with Crippen LogP contribution in [-0.4, -0.2) is 30.1 Å². The molecule has 23 heavy (non-hydrogen) atoms. The molecular formula is C17H16ClNO4. The molecule has 0 unspecified atom stereocenters. The number of aliphatic carboxylic acids is 1. The zero-order chi connectivity index (χ0) is 16.8. The summed E-state index contributed by atoms with van der Waals surface area (Å²) in [6.07, 6.45) is 0.107. The van der Waals surface area contributed by atoms with Crippen LogP contribution >= 0.6 is 11.6 Å². The van der Waals surface area contributed by atoms with Gasteiger partial charge in [0.25, 0.3) is 5.91 Å². The molecule has 1 amide bonds. The summed E-state index contributed by atoms with van der Waals surface area (Å²) >= 11 is 5.96. The lowest BCUT2D eigenvalue weighted by Gasteiger charge is -2.16. The Hall–Kier alpha value is -2.53. The minimum atomic E-state index is -1.13. The Morgan fingerprint density at radius 1 is 1.17 bits per heavy atom. The molecule has 0 spiro atoms. The fourth-order valence-electron chi connectivity index (χ4n) is 2.17. The van der Waals surface area contributed by atoms with Crippen LogP contribution in [0.15, 0.2) is 48.5 Å². The van der Waals surface area contributed by atoms with Gasteiger partial charge in [-0.1, -0.05) is 41.9 Å². The zero-order valence-corrected chi connectivity index (χ0v) is 13.2. The topological polar surface area (TPSA) is 75.6 Å². The van der Waals surface area contributed by atoms with Crippen LogP contribution in [0, 0.1) is 0 Å². The van der Waals surface area contributed by atoms with E-state index in [0.717, 1.165) is 0 Å². The first-order valence-corrected chi connectivity index (χ1v) is 7.31. The predicted octanol–water partition coefficient (Wildman–Crippen LogP) is 2.77. The van der Waals surface area contributed by atoms with E-state index in [4.69, 9.17) is 16.3 Å². The first-order valence-electron chi connectivity index (χ1n) is 6.93. The second kappa shape index (κ2) is 7.65. The smallest absolute Gasteiger partial charge is 0.326 e. The largest absolute Gasteiger partial charge is 0.496 e. The Labute approximate surface area is 138 Å². The van der Waals surface area contributed by atoms with Crippen molar-refractivity contribution in [2.24, 2.45) is 0 Å². The quantitative estimate of drug-likeness (QED) is 0.852. The number of rotatable bonds is 6. The van der Waals surface area contributed by atoms with Crippen LogP contribution in [0.3, 0.4) is 0 Å². The van der Waals surface area contributed by atoms with E-state index in [9.17, 15) is 14.7 Å². The third-order valence-corrected chi connectivity index (χ3v) is 3.67. The second-order valence-corrected chi connectivity index (χ2v) is 5.27. The molecule has 0 aliphatic carbocycles. The van der Waals surface area contributed by atoms with Crippen molar-refractivity contribution in [2.75, 3.05) is 7.11 Å². The molecule has 5 nitrogen and oxygen atoms in total. The lowest BCUT2D eigenvalue weighted by molar-refractivity contribution is -0.139. The molecule has 0 aliphatic heterocycles. The highest BCUT2D eigenvalue weighted by Crippen LogP contribution is 2.20. The first-order chi connectivity index (χ1) is 11.0. The highest BCUT2D eigenvalue weighted by molar-refractivity contribution is 6.33. The Balaban J connectivity index is 2.18. The van der Waals surface area contributed by atoms with Gasteiger partial charge in [-0.25, -0.2) is 4.79 Å². The summed E-state index contributed by atoms with van der Waals surface area (Å²) in [5.74, 6) is -1.08. The predicted molar refractivity (Wildman–Crippen MR) is 87.0 cm³/mol. The van der Waals surface area contributed by atoms with Crippen LogP contribution in [0.5, 0.6) is 5.75 Å². The van der Waals surface area contributed by atoms with Gasteiger partial charge >= 0.3 is 5.97 Å². The highest BCUT2D eigenvalue weighted by Gasteiger charge is 2.23. The standard InChI is InChI=1S/C17H16ClNO4/c1-23-15-9-5-2-6-11(15)10-14(17(21)22)19-16(20)12-7-3-4-8-13(12)18/h2-9,14H,10H2,1H3,(H,19,20)(H,21,22)/t14-/m0/s1. The summed E-state index contributed by atoms with van der Waals surface area (Å²) in [7, 11) is 1.51. The third-order valence-electron chi connectivity index (χ3n) is 3.34. The number of para-hydroxylation sites is 1. The minimum Gasteiger partial charge on any atom is -0.496 e. The molecule has 0 heterocycles. The van der Waals surface area contributed by atoms with Crippen LogP contribution in [0.4, 0.5) is 0 Å². The molecule has 0 saturated carbocycles. The van der Waals surface area contributed by atoms with Crippen molar-refractivity contribution in [3.05, 3.63) is 64.7 Å². The number of halogens is 1. The monoisotopic (exact) mass is 333 g/mol. The van der Waals surface area contributed by atoms with Gasteiger partial charge in [0.1, 0.15) is 11.8 Å². The lowest BCUT2D eigenvalue weighted by Crippen LogP contribution is -2.42. The van der Waals surface area contributed by atoms with Crippen LogP contribution in [0.2, 0.25) is 5.02 Å². The summed E-state index contributed by atoms with van der Waals surface area (Å²) < 4.78 is 5.21. The SMILES string of the molecule is COc1ccccc1C[C@H](NC(=O)c1ccccc1Cl)C(=O)O. The van der Waals surface area contributed by atoms with E-state index in [1.54, 1.807) is 48.5 Å². The molecule has 2 rings (SSSR count). The van der Waals surface area contributed by atoms with E-state index in [0.29, 0.717) is 11.3 Å². The molecule has 0 aromatic heterocycles. The van der Waals surface area contributed by atoms with E-state index < -0.39 is 17.9 Å². The van der Waals surface area contributed by atoms with Crippen LogP contribution in [-0.2, 0) is 11.2 Å². The van der Waals surface area contributed by atoms with Gasteiger partial charge in [-0.3, -0.25) is 4.79 Å². The van der Waals surface area contributed by atoms with E-state index in [2.05, 4.69) is 5.32 Å². The number of hydrogen-bond acceptors (Lipinski definition) is 3. The molecule has 2 aromatic carbocycles. The molecule has 2 aromatic rings. The maximum Gasteiger partial charge on any atom is 0.326 e. The summed E-state index contributed by atoms with van der Waals surface area (Å²) in [5, 5.41) is 12.1. The van der Waals surface area contributed by atoms with Crippen molar-refractivity contribution >= 4 is 23.5 Å². The molecule has 0 aliphatic rings. The van der Waals surface area contributed by atoms with Gasteiger partial charge in [-0.05, 0) is 23.8 Å². The lowest BCUT2D eigenvalue weighted by atomic mass is 10.0. The Bertz CT molecular complexity index is 717. The van der Waals surface area contributed by atoms with Crippen molar-refractivity contribution in [2.45, 2.75) is 12.5 Å². The summed E-state index contributed by atoms with van der Waals surface area (Å²) in [6.45, 7) is 0. The fourth-order valence-corrected chi connectivity index (χ4v) is 2.39. The normalized spacial score (nSPS) is 11.6. The van der Waals surface area contributed by atoms with Crippen molar-refractivity contribution in [3.8, 4) is 5.75 Å². The van der Waals surface area contributed by atoms with Crippen LogP contribution in [0.25, 0.3) is 0 Å². The van der Waals surface area contributed by atoms with Crippen molar-refractivity contribution in [1.82, 2.24) is 5.32 Å². The number of amides is 1. The molecule has 0 fully saturated rings. The molecule has 6 heteroatoms. The van der Waals surface area contributed by atoms with Gasteiger partial charge in [0, 0.05) is 6.42 Å². The summed E-state index contributed by atoms with van der Waals surface area (Å²) in [6, 6.07) is 12.5. The molecule has 0 bridgehead atoms. The Morgan fingerprint density at radius 2 is 1.83 bits per heavy atom. The van der Waals surface area contributed by atoms with E-state index >= 15 is 0 Å². The molecular weight excluding hydrogens is 318 g/mol. The number of benzene rings is 2. The zero-order valence-electron chi connectivity index (χ0n) is 12.5. The number of carbonyl (C=O) groups is 2. The number of methoxy groups -OCH3 is 1. The summed E-state index contributed by atoms with van der Waals surface area (Å²) in [4.78, 5) is 23.7. The average molecular weight is 334 g/mol. The molecule has 0 saturated heterocycles. The summed E-state index contributed by atoms with van der Waals surface area (Å²) in [5.41, 5.74) is 0.933.